The number of rotatable bonds is 3. The van der Waals surface area contributed by atoms with E-state index in [-0.39, 0.29) is 5.41 Å². The third-order valence-corrected chi connectivity index (χ3v) is 2.42. The third kappa shape index (κ3) is 4.57. The van der Waals surface area contributed by atoms with Gasteiger partial charge in [0.05, 0.1) is 12.8 Å². The van der Waals surface area contributed by atoms with E-state index in [0.717, 1.165) is 5.56 Å². The molecule has 0 spiro atoms. The fraction of sp³-hybridized carbons (Fsp3) is 0.429. The molecule has 0 aliphatic heterocycles. The van der Waals surface area contributed by atoms with Crippen molar-refractivity contribution >= 4 is 12.3 Å². The maximum atomic E-state index is 11.0. The molecule has 0 saturated carbocycles. The second kappa shape index (κ2) is 6.19. The van der Waals surface area contributed by atoms with E-state index >= 15 is 0 Å². The van der Waals surface area contributed by atoms with Gasteiger partial charge in [-0.15, -0.1) is 0 Å². The second-order valence-corrected chi connectivity index (χ2v) is 4.96. The Kier molecular flexibility index (Phi) is 4.89. The summed E-state index contributed by atoms with van der Waals surface area (Å²) in [6, 6.07) is 8.06. The van der Waals surface area contributed by atoms with Crippen molar-refractivity contribution in [3.8, 4) is 0 Å². The van der Waals surface area contributed by atoms with Gasteiger partial charge in [0.2, 0.25) is 0 Å². The number of hydrogen-bond donors (Lipinski definition) is 1. The van der Waals surface area contributed by atoms with Crippen LogP contribution in [0.5, 0.6) is 0 Å². The zero-order valence-electron chi connectivity index (χ0n) is 11.4. The van der Waals surface area contributed by atoms with Crippen LogP contribution in [-0.2, 0) is 10.2 Å². The summed E-state index contributed by atoms with van der Waals surface area (Å²) in [5, 5.41) is 3.80. The number of nitrogens with zero attached hydrogens (tertiary/aromatic N) is 1. The monoisotopic (exact) mass is 248 g/mol. The molecule has 0 heterocycles. The van der Waals surface area contributed by atoms with E-state index in [9.17, 15) is 4.79 Å². The van der Waals surface area contributed by atoms with E-state index in [2.05, 4.69) is 48.2 Å². The fourth-order valence-electron chi connectivity index (χ4n) is 1.39. The van der Waals surface area contributed by atoms with Gasteiger partial charge in [-0.2, -0.15) is 5.10 Å². The Morgan fingerprint density at radius 3 is 2.44 bits per heavy atom. The van der Waals surface area contributed by atoms with Crippen LogP contribution in [0.15, 0.2) is 29.4 Å². The number of amides is 1. The van der Waals surface area contributed by atoms with Crippen molar-refractivity contribution in [3.05, 3.63) is 35.4 Å². The average Bonchev–Trinajstić information content (AvgIpc) is 2.29. The number of hydrogen-bond acceptors (Lipinski definition) is 3. The molecule has 0 saturated heterocycles. The summed E-state index contributed by atoms with van der Waals surface area (Å²) in [5.41, 5.74) is 4.62. The van der Waals surface area contributed by atoms with Gasteiger partial charge < -0.3 is 4.74 Å². The highest BCUT2D eigenvalue weighted by atomic mass is 16.5. The van der Waals surface area contributed by atoms with Crippen molar-refractivity contribution in [3.63, 3.8) is 0 Å². The first-order valence-corrected chi connectivity index (χ1v) is 6.00. The van der Waals surface area contributed by atoms with E-state index in [0.29, 0.717) is 6.61 Å². The van der Waals surface area contributed by atoms with E-state index in [4.69, 9.17) is 0 Å². The van der Waals surface area contributed by atoms with Gasteiger partial charge in [-0.1, -0.05) is 45.0 Å². The van der Waals surface area contributed by atoms with Crippen molar-refractivity contribution in [2.45, 2.75) is 33.1 Å². The van der Waals surface area contributed by atoms with E-state index in [1.165, 1.54) is 5.56 Å². The minimum absolute atomic E-state index is 0.138. The van der Waals surface area contributed by atoms with E-state index in [1.54, 1.807) is 13.1 Å². The third-order valence-electron chi connectivity index (χ3n) is 2.42. The summed E-state index contributed by atoms with van der Waals surface area (Å²) >= 11 is 0. The molecular weight excluding hydrogens is 228 g/mol. The maximum Gasteiger partial charge on any atom is 0.427 e. The van der Waals surface area contributed by atoms with Gasteiger partial charge in [0.1, 0.15) is 0 Å². The van der Waals surface area contributed by atoms with Gasteiger partial charge in [-0.25, -0.2) is 10.2 Å². The number of benzene rings is 1. The highest BCUT2D eigenvalue weighted by Crippen LogP contribution is 2.21. The second-order valence-electron chi connectivity index (χ2n) is 4.96. The molecule has 0 bridgehead atoms. The molecule has 0 fully saturated rings. The summed E-state index contributed by atoms with van der Waals surface area (Å²) < 4.78 is 4.68. The fourth-order valence-corrected chi connectivity index (χ4v) is 1.39. The summed E-state index contributed by atoms with van der Waals surface area (Å²) in [7, 11) is 0. The molecule has 1 aromatic carbocycles. The number of nitrogens with one attached hydrogen (secondary N) is 1. The standard InChI is InChI=1S/C14H20N2O2/c1-5-18-13(17)16-15-10-11-6-8-12(9-7-11)14(2,3)4/h6-10H,5H2,1-4H3,(H,16,17). The minimum Gasteiger partial charge on any atom is -0.449 e. The van der Waals surface area contributed by atoms with Crippen LogP contribution in [0, 0.1) is 0 Å². The molecule has 1 rings (SSSR count). The molecule has 0 atom stereocenters. The Balaban J connectivity index is 2.59. The molecule has 0 radical (unpaired) electrons. The minimum atomic E-state index is -0.542. The Labute approximate surface area is 108 Å². The molecule has 1 amide bonds. The normalized spacial score (nSPS) is 11.6. The molecule has 18 heavy (non-hydrogen) atoms. The molecular formula is C14H20N2O2. The van der Waals surface area contributed by atoms with Gasteiger partial charge in [0.25, 0.3) is 0 Å². The van der Waals surface area contributed by atoms with Crippen LogP contribution in [0.2, 0.25) is 0 Å². The van der Waals surface area contributed by atoms with Crippen LogP contribution in [0.4, 0.5) is 4.79 Å². The first kappa shape index (κ1) is 14.2. The number of ether oxygens (including phenoxy) is 1. The Morgan fingerprint density at radius 1 is 1.33 bits per heavy atom. The van der Waals surface area contributed by atoms with E-state index < -0.39 is 6.09 Å². The lowest BCUT2D eigenvalue weighted by molar-refractivity contribution is 0.152. The summed E-state index contributed by atoms with van der Waals surface area (Å²) in [5.74, 6) is 0. The van der Waals surface area contributed by atoms with Gasteiger partial charge in [0.15, 0.2) is 0 Å². The van der Waals surface area contributed by atoms with Gasteiger partial charge in [0, 0.05) is 0 Å². The SMILES string of the molecule is CCOC(=O)NN=Cc1ccc(C(C)(C)C)cc1. The molecule has 98 valence electrons. The number of carbonyl (C=O) groups is 1. The van der Waals surface area contributed by atoms with Crippen molar-refractivity contribution in [1.29, 1.82) is 0 Å². The Hall–Kier alpha value is -1.84. The average molecular weight is 248 g/mol. The molecule has 4 heteroatoms. The maximum absolute atomic E-state index is 11.0. The summed E-state index contributed by atoms with van der Waals surface area (Å²) in [6.07, 6.45) is 1.05. The van der Waals surface area contributed by atoms with Crippen LogP contribution in [0.1, 0.15) is 38.8 Å². The molecule has 0 aliphatic rings. The molecule has 4 nitrogen and oxygen atoms in total. The first-order chi connectivity index (χ1) is 8.43. The van der Waals surface area contributed by atoms with Crippen LogP contribution in [0.25, 0.3) is 0 Å². The van der Waals surface area contributed by atoms with Crippen molar-refractivity contribution in [2.24, 2.45) is 5.10 Å². The van der Waals surface area contributed by atoms with Crippen LogP contribution < -0.4 is 5.43 Å². The number of carbonyl (C=O) groups excluding carboxylic acids is 1. The first-order valence-electron chi connectivity index (χ1n) is 6.00. The lowest BCUT2D eigenvalue weighted by atomic mass is 9.87. The lowest BCUT2D eigenvalue weighted by Gasteiger charge is -2.18. The summed E-state index contributed by atoms with van der Waals surface area (Å²) in [6.45, 7) is 8.57. The topological polar surface area (TPSA) is 50.7 Å². The highest BCUT2D eigenvalue weighted by molar-refractivity contribution is 5.80. The molecule has 1 aromatic rings. The zero-order valence-corrected chi connectivity index (χ0v) is 11.4. The molecule has 0 unspecified atom stereocenters. The van der Waals surface area contributed by atoms with Gasteiger partial charge in [-0.05, 0) is 23.5 Å². The van der Waals surface area contributed by atoms with E-state index in [1.807, 2.05) is 12.1 Å². The van der Waals surface area contributed by atoms with Crippen LogP contribution >= 0.6 is 0 Å². The highest BCUT2D eigenvalue weighted by Gasteiger charge is 2.12. The molecule has 0 aliphatic carbocycles. The van der Waals surface area contributed by atoms with Crippen molar-refractivity contribution in [1.82, 2.24) is 5.43 Å². The van der Waals surface area contributed by atoms with Crippen LogP contribution in [0.3, 0.4) is 0 Å². The van der Waals surface area contributed by atoms with Crippen molar-refractivity contribution < 1.29 is 9.53 Å². The molecule has 1 N–H and O–H groups in total. The largest absolute Gasteiger partial charge is 0.449 e. The van der Waals surface area contributed by atoms with Gasteiger partial charge >= 0.3 is 6.09 Å². The smallest absolute Gasteiger partial charge is 0.427 e. The van der Waals surface area contributed by atoms with Gasteiger partial charge in [-0.3, -0.25) is 0 Å². The van der Waals surface area contributed by atoms with Crippen molar-refractivity contribution in [2.75, 3.05) is 6.61 Å². The quantitative estimate of drug-likeness (QED) is 0.660. The predicted octanol–water partition coefficient (Wildman–Crippen LogP) is 3.06. The number of hydrazone groups is 1. The Bertz CT molecular complexity index is 416. The molecule has 0 aromatic heterocycles. The Morgan fingerprint density at radius 2 is 1.94 bits per heavy atom. The predicted molar refractivity (Wildman–Crippen MR) is 72.9 cm³/mol. The van der Waals surface area contributed by atoms with Crippen LogP contribution in [-0.4, -0.2) is 18.9 Å². The zero-order chi connectivity index (χ0) is 13.6. The summed E-state index contributed by atoms with van der Waals surface area (Å²) in [4.78, 5) is 11.0. The lowest BCUT2D eigenvalue weighted by Crippen LogP contribution is -2.18.